The lowest BCUT2D eigenvalue weighted by Gasteiger charge is -2.32. The number of urea groups is 1. The van der Waals surface area contributed by atoms with Gasteiger partial charge in [0.05, 0.1) is 13.6 Å². The van der Waals surface area contributed by atoms with E-state index in [4.69, 9.17) is 5.73 Å². The second-order valence-corrected chi connectivity index (χ2v) is 8.70. The van der Waals surface area contributed by atoms with E-state index in [0.717, 1.165) is 22.5 Å². The number of nitrogen functional groups attached to an aromatic ring is 1. The standard InChI is InChI=1S/C27H28N4O3/c1-18-15-20-7-5-6-8-26(20)31(18,4)27(34)29(3)23-11-14-25(28)21(16-23)17-30(19(2)32)22-9-12-24(33)13-10-22/h5-16H,17,28H2,1-4H3/p+1. The molecule has 174 valence electrons. The number of aromatic hydroxyl groups is 1. The summed E-state index contributed by atoms with van der Waals surface area (Å²) in [7, 11) is 3.65. The summed E-state index contributed by atoms with van der Waals surface area (Å²) in [5, 5.41) is 9.58. The smallest absolute Gasteiger partial charge is 0.433 e. The van der Waals surface area contributed by atoms with Crippen LogP contribution >= 0.6 is 0 Å². The lowest BCUT2D eigenvalue weighted by molar-refractivity contribution is -0.116. The summed E-state index contributed by atoms with van der Waals surface area (Å²) < 4.78 is 0.0550. The maximum atomic E-state index is 13.8. The Morgan fingerprint density at radius 2 is 1.65 bits per heavy atom. The van der Waals surface area contributed by atoms with Gasteiger partial charge in [-0.05, 0) is 54.1 Å². The average Bonchev–Trinajstić information content (AvgIpc) is 3.09. The van der Waals surface area contributed by atoms with Gasteiger partial charge in [-0.3, -0.25) is 9.69 Å². The van der Waals surface area contributed by atoms with Gasteiger partial charge < -0.3 is 15.7 Å². The number of hydrogen-bond acceptors (Lipinski definition) is 4. The highest BCUT2D eigenvalue weighted by Gasteiger charge is 2.45. The second-order valence-electron chi connectivity index (χ2n) is 8.70. The first-order chi connectivity index (χ1) is 16.1. The number of quaternary nitrogens is 1. The van der Waals surface area contributed by atoms with Crippen molar-refractivity contribution in [3.05, 3.63) is 83.6 Å². The molecule has 3 aromatic carbocycles. The van der Waals surface area contributed by atoms with Crippen LogP contribution in [-0.2, 0) is 11.3 Å². The maximum absolute atomic E-state index is 13.8. The van der Waals surface area contributed by atoms with Crippen molar-refractivity contribution in [1.82, 2.24) is 4.48 Å². The molecule has 1 aliphatic heterocycles. The molecule has 1 heterocycles. The number of hydrogen-bond donors (Lipinski definition) is 2. The van der Waals surface area contributed by atoms with E-state index in [9.17, 15) is 14.7 Å². The molecule has 0 bridgehead atoms. The predicted octanol–water partition coefficient (Wildman–Crippen LogP) is 5.10. The number of amides is 3. The molecule has 3 amide bonds. The molecule has 4 rings (SSSR count). The first-order valence-electron chi connectivity index (χ1n) is 11.0. The Labute approximate surface area is 199 Å². The number of para-hydroxylation sites is 1. The number of fused-ring (bicyclic) bond motifs is 1. The fourth-order valence-electron chi connectivity index (χ4n) is 4.35. The fourth-order valence-corrected chi connectivity index (χ4v) is 4.35. The van der Waals surface area contributed by atoms with Gasteiger partial charge in [0.25, 0.3) is 0 Å². The number of rotatable bonds is 4. The van der Waals surface area contributed by atoms with E-state index in [1.54, 1.807) is 35.0 Å². The molecule has 1 unspecified atom stereocenters. The topological polar surface area (TPSA) is 86.9 Å². The first-order valence-corrected chi connectivity index (χ1v) is 11.0. The van der Waals surface area contributed by atoms with Gasteiger partial charge in [-0.15, -0.1) is 0 Å². The zero-order valence-corrected chi connectivity index (χ0v) is 19.8. The highest BCUT2D eigenvalue weighted by atomic mass is 16.3. The molecule has 0 saturated heterocycles. The summed E-state index contributed by atoms with van der Waals surface area (Å²) >= 11 is 0. The Morgan fingerprint density at radius 1 is 1.00 bits per heavy atom. The van der Waals surface area contributed by atoms with Crippen LogP contribution in [-0.4, -0.2) is 31.1 Å². The lowest BCUT2D eigenvalue weighted by atomic mass is 10.1. The number of carbonyl (C=O) groups excluding carboxylic acids is 2. The van der Waals surface area contributed by atoms with E-state index in [0.29, 0.717) is 17.1 Å². The zero-order valence-electron chi connectivity index (χ0n) is 19.8. The Hall–Kier alpha value is -4.10. The molecule has 7 heteroatoms. The van der Waals surface area contributed by atoms with Crippen LogP contribution in [0.2, 0.25) is 0 Å². The summed E-state index contributed by atoms with van der Waals surface area (Å²) in [5.74, 6) is -0.0363. The number of anilines is 3. The number of phenolic OH excluding ortho intramolecular Hbond substituents is 1. The number of nitrogens with two attached hydrogens (primary N) is 1. The van der Waals surface area contributed by atoms with E-state index >= 15 is 0 Å². The molecule has 0 fully saturated rings. The Morgan fingerprint density at radius 3 is 2.32 bits per heavy atom. The minimum atomic E-state index is -0.160. The van der Waals surface area contributed by atoms with Crippen molar-refractivity contribution in [3.63, 3.8) is 0 Å². The third kappa shape index (κ3) is 3.91. The van der Waals surface area contributed by atoms with Crippen LogP contribution in [0.25, 0.3) is 6.08 Å². The Bertz CT molecular complexity index is 1300. The summed E-state index contributed by atoms with van der Waals surface area (Å²) in [6.45, 7) is 3.67. The minimum absolute atomic E-state index is 0.0550. The molecule has 3 aromatic rings. The molecule has 1 aliphatic rings. The average molecular weight is 458 g/mol. The second kappa shape index (κ2) is 8.68. The summed E-state index contributed by atoms with van der Waals surface area (Å²) in [5.41, 5.74) is 11.7. The van der Waals surface area contributed by atoms with E-state index < -0.39 is 0 Å². The summed E-state index contributed by atoms with van der Waals surface area (Å²) in [4.78, 5) is 29.4. The molecule has 0 aliphatic carbocycles. The molecule has 0 spiro atoms. The van der Waals surface area contributed by atoms with Crippen molar-refractivity contribution in [2.45, 2.75) is 20.4 Å². The van der Waals surface area contributed by atoms with Gasteiger partial charge in [-0.2, -0.15) is 4.48 Å². The monoisotopic (exact) mass is 457 g/mol. The first kappa shape index (κ1) is 23.1. The minimum Gasteiger partial charge on any atom is -0.508 e. The van der Waals surface area contributed by atoms with Crippen LogP contribution in [0.1, 0.15) is 25.0 Å². The highest BCUT2D eigenvalue weighted by Crippen LogP contribution is 2.40. The van der Waals surface area contributed by atoms with Gasteiger partial charge in [-0.1, -0.05) is 12.1 Å². The van der Waals surface area contributed by atoms with Crippen molar-refractivity contribution in [2.75, 3.05) is 29.6 Å². The molecule has 0 saturated carbocycles. The number of benzene rings is 3. The van der Waals surface area contributed by atoms with Crippen LogP contribution in [0.5, 0.6) is 5.75 Å². The van der Waals surface area contributed by atoms with E-state index in [2.05, 4.69) is 0 Å². The van der Waals surface area contributed by atoms with Crippen molar-refractivity contribution < 1.29 is 14.7 Å². The van der Waals surface area contributed by atoms with Gasteiger partial charge in [0.2, 0.25) is 5.91 Å². The van der Waals surface area contributed by atoms with Gasteiger partial charge >= 0.3 is 6.03 Å². The molecule has 1 atom stereocenters. The molecule has 3 N–H and O–H groups in total. The molecule has 7 nitrogen and oxygen atoms in total. The predicted molar refractivity (Wildman–Crippen MR) is 137 cm³/mol. The van der Waals surface area contributed by atoms with Crippen LogP contribution in [0.3, 0.4) is 0 Å². The number of allylic oxidation sites excluding steroid dienone is 1. The van der Waals surface area contributed by atoms with Crippen LogP contribution in [0.15, 0.2) is 72.4 Å². The molecule has 0 radical (unpaired) electrons. The molecule has 34 heavy (non-hydrogen) atoms. The van der Waals surface area contributed by atoms with Crippen molar-refractivity contribution in [1.29, 1.82) is 0 Å². The van der Waals surface area contributed by atoms with Crippen molar-refractivity contribution in [3.8, 4) is 5.75 Å². The van der Waals surface area contributed by atoms with Crippen LogP contribution in [0, 0.1) is 0 Å². The van der Waals surface area contributed by atoms with Gasteiger partial charge in [0.15, 0.2) is 5.69 Å². The summed E-state index contributed by atoms with van der Waals surface area (Å²) in [6, 6.07) is 19.6. The molecule has 0 aromatic heterocycles. The Balaban J connectivity index is 1.65. The van der Waals surface area contributed by atoms with E-state index in [1.165, 1.54) is 19.1 Å². The van der Waals surface area contributed by atoms with Crippen molar-refractivity contribution in [2.24, 2.45) is 0 Å². The van der Waals surface area contributed by atoms with Crippen LogP contribution < -0.4 is 20.0 Å². The van der Waals surface area contributed by atoms with Crippen molar-refractivity contribution >= 4 is 40.8 Å². The van der Waals surface area contributed by atoms with E-state index in [-0.39, 0.29) is 28.7 Å². The highest BCUT2D eigenvalue weighted by molar-refractivity contribution is 6.04. The van der Waals surface area contributed by atoms with E-state index in [1.807, 2.05) is 56.4 Å². The number of phenols is 1. The molecular formula is C27H29N4O3+. The maximum Gasteiger partial charge on any atom is 0.433 e. The fraction of sp³-hybridized carbons (Fsp3) is 0.185. The lowest BCUT2D eigenvalue weighted by Crippen LogP contribution is -2.54. The largest absolute Gasteiger partial charge is 0.508 e. The van der Waals surface area contributed by atoms with Crippen LogP contribution in [0.4, 0.5) is 27.5 Å². The quantitative estimate of drug-likeness (QED) is 0.422. The van der Waals surface area contributed by atoms with Gasteiger partial charge in [0.1, 0.15) is 11.4 Å². The number of carbonyl (C=O) groups is 2. The third-order valence-corrected chi connectivity index (χ3v) is 6.54. The van der Waals surface area contributed by atoms with Gasteiger partial charge in [-0.25, -0.2) is 4.79 Å². The SMILES string of the molecule is CC(=O)N(Cc1cc(N(C)C(=O)[N+]2(C)C(C)=Cc3ccccc32)ccc1N)c1ccc(O)cc1. The zero-order chi connectivity index (χ0) is 24.6. The molecular weight excluding hydrogens is 428 g/mol. The number of nitrogens with zero attached hydrogens (tertiary/aromatic N) is 3. The van der Waals surface area contributed by atoms with Gasteiger partial charge in [0, 0.05) is 55.7 Å². The Kier molecular flexibility index (Phi) is 5.89. The normalized spacial score (nSPS) is 16.5. The summed E-state index contributed by atoms with van der Waals surface area (Å²) in [6.07, 6.45) is 2.04. The third-order valence-electron chi connectivity index (χ3n) is 6.54.